The first-order valence-corrected chi connectivity index (χ1v) is 9.27. The van der Waals surface area contributed by atoms with E-state index in [9.17, 15) is 4.39 Å². The molecule has 1 nitrogen and oxygen atoms in total. The fourth-order valence-electron chi connectivity index (χ4n) is 1.90. The van der Waals surface area contributed by atoms with Gasteiger partial charge >= 0.3 is 0 Å². The van der Waals surface area contributed by atoms with Crippen LogP contribution in [0.2, 0.25) is 23.2 Å². The van der Waals surface area contributed by atoms with Crippen LogP contribution in [0.1, 0.15) is 26.3 Å². The summed E-state index contributed by atoms with van der Waals surface area (Å²) in [5.74, 6) is -0.393. The second-order valence-electron chi connectivity index (χ2n) is 4.31. The highest BCUT2D eigenvalue weighted by atomic mass is 35.5. The molecule has 0 radical (unpaired) electrons. The molecule has 0 spiro atoms. The zero-order chi connectivity index (χ0) is 13.6. The first-order valence-electron chi connectivity index (χ1n) is 6.37. The van der Waals surface area contributed by atoms with E-state index < -0.39 is 14.1 Å². The Morgan fingerprint density at radius 1 is 1.22 bits per heavy atom. The number of rotatable bonds is 6. The van der Waals surface area contributed by atoms with E-state index in [1.807, 2.05) is 0 Å². The number of hydrogen-bond acceptors (Lipinski definition) is 1. The molecule has 0 aliphatic heterocycles. The molecule has 0 atom stereocenters. The molecule has 0 unspecified atom stereocenters. The zero-order valence-corrected chi connectivity index (χ0v) is 12.9. The van der Waals surface area contributed by atoms with Gasteiger partial charge in [0.1, 0.15) is 5.82 Å². The lowest BCUT2D eigenvalue weighted by molar-refractivity contribution is 0.461. The number of hydrogen-bond donors (Lipinski definition) is 0. The van der Waals surface area contributed by atoms with E-state index in [1.165, 1.54) is 6.07 Å². The highest BCUT2D eigenvalue weighted by Crippen LogP contribution is 2.23. The summed E-state index contributed by atoms with van der Waals surface area (Å²) in [6, 6.07) is 8.18. The van der Waals surface area contributed by atoms with Crippen molar-refractivity contribution in [1.82, 2.24) is 0 Å². The largest absolute Gasteiger partial charge is 0.549 e. The summed E-state index contributed by atoms with van der Waals surface area (Å²) in [5.41, 5.74) is 0.466. The first-order chi connectivity index (χ1) is 8.58. The van der Waals surface area contributed by atoms with Crippen molar-refractivity contribution >= 4 is 26.0 Å². The van der Waals surface area contributed by atoms with E-state index >= 15 is 0 Å². The molecule has 18 heavy (non-hydrogen) atoms. The standard InChI is InChI=1S/C14H20ClFOSi/c1-4-18(5-2,6-3)17-11-10-12-8-7-9-13(15)14(12)16/h7-11H,4-6H2,1-3H3. The van der Waals surface area contributed by atoms with E-state index in [2.05, 4.69) is 20.8 Å². The smallest absolute Gasteiger partial charge is 0.249 e. The molecule has 1 aromatic rings. The molecule has 4 heteroatoms. The highest BCUT2D eigenvalue weighted by molar-refractivity contribution is 6.73. The Kier molecular flexibility index (Phi) is 5.89. The van der Waals surface area contributed by atoms with Gasteiger partial charge in [0.15, 0.2) is 0 Å². The van der Waals surface area contributed by atoms with Crippen LogP contribution in [0.4, 0.5) is 4.39 Å². The topological polar surface area (TPSA) is 9.23 Å². The minimum Gasteiger partial charge on any atom is -0.549 e. The number of halogens is 2. The molecule has 0 aliphatic carbocycles. The first kappa shape index (κ1) is 15.3. The maximum Gasteiger partial charge on any atom is 0.249 e. The van der Waals surface area contributed by atoms with Crippen LogP contribution in [0.15, 0.2) is 24.5 Å². The molecular formula is C14H20ClFOSi. The molecule has 0 saturated carbocycles. The van der Waals surface area contributed by atoms with Crippen molar-refractivity contribution in [2.45, 2.75) is 38.9 Å². The SMILES string of the molecule is CC[Si](CC)(CC)OC=Cc1cccc(Cl)c1F. The van der Waals surface area contributed by atoms with E-state index in [-0.39, 0.29) is 5.02 Å². The van der Waals surface area contributed by atoms with E-state index in [0.29, 0.717) is 5.56 Å². The lowest BCUT2D eigenvalue weighted by Crippen LogP contribution is -2.33. The lowest BCUT2D eigenvalue weighted by atomic mass is 10.2. The summed E-state index contributed by atoms with van der Waals surface area (Å²) in [5, 5.41) is 0.141. The van der Waals surface area contributed by atoms with Gasteiger partial charge in [-0.05, 0) is 30.3 Å². The fraction of sp³-hybridized carbons (Fsp3) is 0.429. The van der Waals surface area contributed by atoms with Gasteiger partial charge in [-0.25, -0.2) is 4.39 Å². The lowest BCUT2D eigenvalue weighted by Gasteiger charge is -2.26. The van der Waals surface area contributed by atoms with Crippen molar-refractivity contribution in [3.05, 3.63) is 40.9 Å². The molecule has 0 bridgehead atoms. The van der Waals surface area contributed by atoms with Crippen LogP contribution in [-0.4, -0.2) is 8.32 Å². The van der Waals surface area contributed by atoms with Gasteiger partial charge < -0.3 is 4.43 Å². The monoisotopic (exact) mass is 286 g/mol. The molecule has 0 amide bonds. The Morgan fingerprint density at radius 2 is 1.83 bits per heavy atom. The van der Waals surface area contributed by atoms with Gasteiger partial charge in [-0.15, -0.1) is 0 Å². The van der Waals surface area contributed by atoms with Gasteiger partial charge in [0.25, 0.3) is 0 Å². The average Bonchev–Trinajstić information content (AvgIpc) is 2.40. The normalized spacial score (nSPS) is 12.1. The minimum atomic E-state index is -1.64. The molecule has 1 rings (SSSR count). The summed E-state index contributed by atoms with van der Waals surface area (Å²) >= 11 is 5.72. The molecule has 0 fully saturated rings. The fourth-order valence-corrected chi connectivity index (χ4v) is 4.44. The predicted octanol–water partition coefficient (Wildman–Crippen LogP) is 5.47. The van der Waals surface area contributed by atoms with Crippen LogP contribution in [-0.2, 0) is 4.43 Å². The quantitative estimate of drug-likeness (QED) is 0.497. The van der Waals surface area contributed by atoms with Crippen LogP contribution in [0.25, 0.3) is 6.08 Å². The molecule has 0 N–H and O–H groups in total. The van der Waals surface area contributed by atoms with Crippen molar-refractivity contribution in [3.8, 4) is 0 Å². The molecule has 0 saturated heterocycles. The maximum absolute atomic E-state index is 13.6. The van der Waals surface area contributed by atoms with Crippen LogP contribution >= 0.6 is 11.6 Å². The summed E-state index contributed by atoms with van der Waals surface area (Å²) in [7, 11) is -1.64. The Hall–Kier alpha value is -0.803. The van der Waals surface area contributed by atoms with Crippen molar-refractivity contribution in [2.24, 2.45) is 0 Å². The Labute approximate surface area is 115 Å². The number of benzene rings is 1. The third-order valence-electron chi connectivity index (χ3n) is 3.48. The van der Waals surface area contributed by atoms with Crippen LogP contribution in [0, 0.1) is 5.82 Å². The molecular weight excluding hydrogens is 267 g/mol. The summed E-state index contributed by atoms with van der Waals surface area (Å²) in [4.78, 5) is 0. The van der Waals surface area contributed by atoms with E-state index in [1.54, 1.807) is 24.5 Å². The van der Waals surface area contributed by atoms with E-state index in [4.69, 9.17) is 16.0 Å². The highest BCUT2D eigenvalue weighted by Gasteiger charge is 2.29. The summed E-state index contributed by atoms with van der Waals surface area (Å²) in [6.45, 7) is 6.48. The van der Waals surface area contributed by atoms with Gasteiger partial charge in [0, 0.05) is 5.56 Å². The molecule has 0 aliphatic rings. The Balaban J connectivity index is 2.78. The summed E-state index contributed by atoms with van der Waals surface area (Å²) in [6.07, 6.45) is 3.29. The molecule has 0 heterocycles. The second kappa shape index (κ2) is 6.95. The maximum atomic E-state index is 13.6. The second-order valence-corrected chi connectivity index (χ2v) is 9.44. The van der Waals surface area contributed by atoms with Crippen molar-refractivity contribution in [3.63, 3.8) is 0 Å². The van der Waals surface area contributed by atoms with Crippen LogP contribution in [0.3, 0.4) is 0 Å². The molecule has 1 aromatic carbocycles. The zero-order valence-electron chi connectivity index (χ0n) is 11.2. The minimum absolute atomic E-state index is 0.141. The van der Waals surface area contributed by atoms with Crippen LogP contribution < -0.4 is 0 Å². The van der Waals surface area contributed by atoms with Crippen molar-refractivity contribution < 1.29 is 8.82 Å². The molecule has 0 aromatic heterocycles. The third kappa shape index (κ3) is 3.59. The van der Waals surface area contributed by atoms with Gasteiger partial charge in [0.2, 0.25) is 8.32 Å². The Bertz CT molecular complexity index is 408. The van der Waals surface area contributed by atoms with Gasteiger partial charge in [-0.3, -0.25) is 0 Å². The summed E-state index contributed by atoms with van der Waals surface area (Å²) < 4.78 is 19.6. The van der Waals surface area contributed by atoms with Crippen molar-refractivity contribution in [2.75, 3.05) is 0 Å². The van der Waals surface area contributed by atoms with Gasteiger partial charge in [-0.1, -0.05) is 44.5 Å². The Morgan fingerprint density at radius 3 is 2.39 bits per heavy atom. The average molecular weight is 287 g/mol. The van der Waals surface area contributed by atoms with E-state index in [0.717, 1.165) is 18.1 Å². The van der Waals surface area contributed by atoms with Gasteiger partial charge in [-0.2, -0.15) is 0 Å². The third-order valence-corrected chi connectivity index (χ3v) is 8.27. The van der Waals surface area contributed by atoms with Gasteiger partial charge in [0.05, 0.1) is 11.3 Å². The molecule has 100 valence electrons. The predicted molar refractivity (Wildman–Crippen MR) is 78.7 cm³/mol. The van der Waals surface area contributed by atoms with Crippen molar-refractivity contribution in [1.29, 1.82) is 0 Å². The van der Waals surface area contributed by atoms with Crippen LogP contribution in [0.5, 0.6) is 0 Å².